The SMILES string of the molecule is OC1CCCCC1CNC1Cc2ccccc2C1. The monoisotopic (exact) mass is 245 g/mol. The first-order valence-corrected chi connectivity index (χ1v) is 7.31. The molecule has 1 fully saturated rings. The molecule has 0 amide bonds. The summed E-state index contributed by atoms with van der Waals surface area (Å²) < 4.78 is 0. The van der Waals surface area contributed by atoms with Gasteiger partial charge in [-0.3, -0.25) is 0 Å². The minimum Gasteiger partial charge on any atom is -0.393 e. The van der Waals surface area contributed by atoms with Gasteiger partial charge in [0.2, 0.25) is 0 Å². The first-order chi connectivity index (χ1) is 8.83. The molecule has 2 heteroatoms. The van der Waals surface area contributed by atoms with Crippen LogP contribution in [-0.2, 0) is 12.8 Å². The fourth-order valence-electron chi connectivity index (χ4n) is 3.45. The van der Waals surface area contributed by atoms with Crippen LogP contribution in [-0.4, -0.2) is 23.8 Å². The number of hydrogen-bond acceptors (Lipinski definition) is 2. The average molecular weight is 245 g/mol. The van der Waals surface area contributed by atoms with Crippen LogP contribution in [0.15, 0.2) is 24.3 Å². The summed E-state index contributed by atoms with van der Waals surface area (Å²) in [4.78, 5) is 0. The van der Waals surface area contributed by atoms with Crippen molar-refractivity contribution in [2.75, 3.05) is 6.54 Å². The molecule has 0 heterocycles. The van der Waals surface area contributed by atoms with Crippen molar-refractivity contribution in [3.63, 3.8) is 0 Å². The second kappa shape index (κ2) is 5.41. The first-order valence-electron chi connectivity index (χ1n) is 7.31. The first kappa shape index (κ1) is 12.2. The Kier molecular flexibility index (Phi) is 3.67. The highest BCUT2D eigenvalue weighted by Crippen LogP contribution is 2.25. The zero-order valence-corrected chi connectivity index (χ0v) is 10.9. The summed E-state index contributed by atoms with van der Waals surface area (Å²) in [7, 11) is 0. The van der Waals surface area contributed by atoms with E-state index < -0.39 is 0 Å². The van der Waals surface area contributed by atoms with Gasteiger partial charge in [-0.2, -0.15) is 0 Å². The molecule has 2 N–H and O–H groups in total. The van der Waals surface area contributed by atoms with Crippen LogP contribution in [0, 0.1) is 5.92 Å². The third kappa shape index (κ3) is 2.60. The zero-order chi connectivity index (χ0) is 12.4. The summed E-state index contributed by atoms with van der Waals surface area (Å²) in [5.74, 6) is 0.475. The lowest BCUT2D eigenvalue weighted by molar-refractivity contribution is 0.0683. The molecule has 0 radical (unpaired) electrons. The van der Waals surface area contributed by atoms with Crippen molar-refractivity contribution in [1.82, 2.24) is 5.32 Å². The van der Waals surface area contributed by atoms with Gasteiger partial charge in [0.25, 0.3) is 0 Å². The van der Waals surface area contributed by atoms with Crippen LogP contribution in [0.25, 0.3) is 0 Å². The van der Waals surface area contributed by atoms with E-state index in [1.54, 1.807) is 0 Å². The third-order valence-corrected chi connectivity index (χ3v) is 4.59. The Balaban J connectivity index is 1.51. The van der Waals surface area contributed by atoms with Gasteiger partial charge in [0, 0.05) is 12.6 Å². The summed E-state index contributed by atoms with van der Waals surface area (Å²) in [6.07, 6.45) is 6.90. The highest BCUT2D eigenvalue weighted by molar-refractivity contribution is 5.33. The van der Waals surface area contributed by atoms with Crippen LogP contribution in [0.5, 0.6) is 0 Å². The fraction of sp³-hybridized carbons (Fsp3) is 0.625. The number of aliphatic hydroxyl groups is 1. The van der Waals surface area contributed by atoms with Gasteiger partial charge >= 0.3 is 0 Å². The number of aliphatic hydroxyl groups excluding tert-OH is 1. The number of nitrogens with one attached hydrogen (secondary N) is 1. The number of hydrogen-bond donors (Lipinski definition) is 2. The Morgan fingerprint density at radius 1 is 1.06 bits per heavy atom. The van der Waals surface area contributed by atoms with E-state index in [2.05, 4.69) is 29.6 Å². The summed E-state index contributed by atoms with van der Waals surface area (Å²) in [5.41, 5.74) is 3.00. The summed E-state index contributed by atoms with van der Waals surface area (Å²) in [6.45, 7) is 0.986. The molecule has 0 spiro atoms. The van der Waals surface area contributed by atoms with Crippen LogP contribution in [0.2, 0.25) is 0 Å². The number of fused-ring (bicyclic) bond motifs is 1. The van der Waals surface area contributed by atoms with Gasteiger partial charge in [-0.1, -0.05) is 37.1 Å². The van der Waals surface area contributed by atoms with Gasteiger partial charge in [-0.15, -0.1) is 0 Å². The van der Waals surface area contributed by atoms with E-state index in [4.69, 9.17) is 0 Å². The highest BCUT2D eigenvalue weighted by Gasteiger charge is 2.25. The zero-order valence-electron chi connectivity index (χ0n) is 10.9. The van der Waals surface area contributed by atoms with Gasteiger partial charge in [0.15, 0.2) is 0 Å². The maximum absolute atomic E-state index is 9.98. The smallest absolute Gasteiger partial charge is 0.0580 e. The van der Waals surface area contributed by atoms with Crippen molar-refractivity contribution in [2.45, 2.75) is 50.7 Å². The minimum absolute atomic E-state index is 0.0740. The molecule has 1 saturated carbocycles. The molecule has 2 nitrogen and oxygen atoms in total. The highest BCUT2D eigenvalue weighted by atomic mass is 16.3. The topological polar surface area (TPSA) is 32.3 Å². The normalized spacial score (nSPS) is 28.3. The molecule has 0 bridgehead atoms. The van der Waals surface area contributed by atoms with Gasteiger partial charge in [-0.05, 0) is 42.7 Å². The van der Waals surface area contributed by atoms with E-state index in [1.165, 1.54) is 30.4 Å². The van der Waals surface area contributed by atoms with E-state index >= 15 is 0 Å². The third-order valence-electron chi connectivity index (χ3n) is 4.59. The molecule has 0 aromatic heterocycles. The van der Waals surface area contributed by atoms with E-state index in [-0.39, 0.29) is 6.10 Å². The van der Waals surface area contributed by atoms with E-state index in [9.17, 15) is 5.11 Å². The van der Waals surface area contributed by atoms with Crippen LogP contribution in [0.4, 0.5) is 0 Å². The molecule has 18 heavy (non-hydrogen) atoms. The van der Waals surface area contributed by atoms with Crippen molar-refractivity contribution in [3.8, 4) is 0 Å². The van der Waals surface area contributed by atoms with Gasteiger partial charge < -0.3 is 10.4 Å². The second-order valence-corrected chi connectivity index (χ2v) is 5.89. The fourth-order valence-corrected chi connectivity index (χ4v) is 3.45. The Labute approximate surface area is 109 Å². The molecule has 2 aliphatic carbocycles. The molecule has 3 rings (SSSR count). The van der Waals surface area contributed by atoms with Crippen LogP contribution in [0.3, 0.4) is 0 Å². The van der Waals surface area contributed by atoms with Gasteiger partial charge in [0.1, 0.15) is 0 Å². The summed E-state index contributed by atoms with van der Waals surface area (Å²) in [5, 5.41) is 13.6. The number of benzene rings is 1. The Bertz CT molecular complexity index is 379. The van der Waals surface area contributed by atoms with E-state index in [0.717, 1.165) is 25.8 Å². The number of rotatable bonds is 3. The molecule has 2 atom stereocenters. The molecule has 0 aliphatic heterocycles. The van der Waals surface area contributed by atoms with Crippen molar-refractivity contribution < 1.29 is 5.11 Å². The molecule has 1 aromatic rings. The van der Waals surface area contributed by atoms with Gasteiger partial charge in [-0.25, -0.2) is 0 Å². The molecular formula is C16H23NO. The van der Waals surface area contributed by atoms with Crippen molar-refractivity contribution >= 4 is 0 Å². The predicted octanol–water partition coefficient (Wildman–Crippen LogP) is 2.29. The van der Waals surface area contributed by atoms with Crippen LogP contribution < -0.4 is 5.32 Å². The van der Waals surface area contributed by atoms with Gasteiger partial charge in [0.05, 0.1) is 6.10 Å². The summed E-state index contributed by atoms with van der Waals surface area (Å²) in [6, 6.07) is 9.33. The van der Waals surface area contributed by atoms with Crippen molar-refractivity contribution in [2.24, 2.45) is 5.92 Å². The Morgan fingerprint density at radius 2 is 1.72 bits per heavy atom. The molecule has 98 valence electrons. The van der Waals surface area contributed by atoms with E-state index in [1.807, 2.05) is 0 Å². The summed E-state index contributed by atoms with van der Waals surface area (Å²) >= 11 is 0. The molecular weight excluding hydrogens is 222 g/mol. The predicted molar refractivity (Wildman–Crippen MR) is 73.6 cm³/mol. The second-order valence-electron chi connectivity index (χ2n) is 5.89. The standard InChI is InChI=1S/C16H23NO/c18-16-8-4-3-7-14(16)11-17-15-9-12-5-1-2-6-13(12)10-15/h1-2,5-6,14-18H,3-4,7-11H2. The maximum atomic E-state index is 9.98. The quantitative estimate of drug-likeness (QED) is 0.856. The van der Waals surface area contributed by atoms with Crippen LogP contribution >= 0.6 is 0 Å². The van der Waals surface area contributed by atoms with Crippen LogP contribution in [0.1, 0.15) is 36.8 Å². The minimum atomic E-state index is -0.0740. The molecule has 1 aromatic carbocycles. The van der Waals surface area contributed by atoms with Crippen molar-refractivity contribution in [3.05, 3.63) is 35.4 Å². The lowest BCUT2D eigenvalue weighted by Crippen LogP contribution is -2.39. The molecule has 2 unspecified atom stereocenters. The Morgan fingerprint density at radius 3 is 2.39 bits per heavy atom. The van der Waals surface area contributed by atoms with Crippen molar-refractivity contribution in [1.29, 1.82) is 0 Å². The lowest BCUT2D eigenvalue weighted by atomic mass is 9.86. The van der Waals surface area contributed by atoms with E-state index in [0.29, 0.717) is 12.0 Å². The lowest BCUT2D eigenvalue weighted by Gasteiger charge is -2.28. The molecule has 2 aliphatic rings. The molecule has 0 saturated heterocycles. The Hall–Kier alpha value is -0.860. The average Bonchev–Trinajstić information content (AvgIpc) is 2.80. The largest absolute Gasteiger partial charge is 0.393 e. The maximum Gasteiger partial charge on any atom is 0.0580 e.